The highest BCUT2D eigenvalue weighted by atomic mass is 32.1. The smallest absolute Gasteiger partial charge is 0.246 e. The third-order valence-electron chi connectivity index (χ3n) is 12.3. The van der Waals surface area contributed by atoms with Crippen LogP contribution in [0.2, 0.25) is 0 Å². The monoisotopic (exact) mass is 876 g/mol. The number of likely N-dealkylation sites (tertiary alicyclic amines) is 2. The lowest BCUT2D eigenvalue weighted by Crippen LogP contribution is -2.57. The molecule has 2 fully saturated rings. The van der Waals surface area contributed by atoms with Crippen molar-refractivity contribution in [1.82, 2.24) is 45.4 Å². The number of rotatable bonds is 15. The van der Waals surface area contributed by atoms with E-state index in [-0.39, 0.29) is 48.5 Å². The van der Waals surface area contributed by atoms with Crippen LogP contribution in [0.5, 0.6) is 5.75 Å². The summed E-state index contributed by atoms with van der Waals surface area (Å²) < 4.78 is 2.01. The fourth-order valence-electron chi connectivity index (χ4n) is 8.58. The number of carbonyl (C=O) groups is 3. The first-order chi connectivity index (χ1) is 30.2. The molecule has 15 nitrogen and oxygen atoms in total. The number of aromatic nitrogens is 5. The average Bonchev–Trinajstić information content (AvgIpc) is 4.03. The minimum atomic E-state index is -0.863. The van der Waals surface area contributed by atoms with Gasteiger partial charge in [-0.3, -0.25) is 19.1 Å². The highest BCUT2D eigenvalue weighted by molar-refractivity contribution is 7.13. The maximum atomic E-state index is 14.1. The van der Waals surface area contributed by atoms with E-state index in [1.807, 2.05) is 87.4 Å². The Kier molecular flexibility index (Phi) is 14.2. The highest BCUT2D eigenvalue weighted by Crippen LogP contribution is 2.34. The summed E-state index contributed by atoms with van der Waals surface area (Å²) in [4.78, 5) is 50.4. The van der Waals surface area contributed by atoms with Gasteiger partial charge in [0.2, 0.25) is 17.7 Å². The van der Waals surface area contributed by atoms with E-state index in [0.29, 0.717) is 35.5 Å². The maximum Gasteiger partial charge on any atom is 0.246 e. The van der Waals surface area contributed by atoms with Crippen LogP contribution in [0.15, 0.2) is 72.5 Å². The Bertz CT molecular complexity index is 2370. The van der Waals surface area contributed by atoms with Crippen LogP contribution in [-0.4, -0.2) is 107 Å². The van der Waals surface area contributed by atoms with E-state index in [4.69, 9.17) is 5.73 Å². The summed E-state index contributed by atoms with van der Waals surface area (Å²) in [6.45, 7) is 12.4. The number of nitrogens with zero attached hydrogens (tertiary/aromatic N) is 7. The highest BCUT2D eigenvalue weighted by Gasteiger charge is 2.44. The molecule has 63 heavy (non-hydrogen) atoms. The van der Waals surface area contributed by atoms with Crippen molar-refractivity contribution < 1.29 is 24.6 Å². The summed E-state index contributed by atoms with van der Waals surface area (Å²) in [5, 5.41) is 40.0. The third-order valence-corrected chi connectivity index (χ3v) is 13.3. The van der Waals surface area contributed by atoms with Gasteiger partial charge in [0.1, 0.15) is 17.8 Å². The molecule has 2 saturated heterocycles. The van der Waals surface area contributed by atoms with Gasteiger partial charge >= 0.3 is 0 Å². The van der Waals surface area contributed by atoms with Crippen LogP contribution in [0.3, 0.4) is 0 Å². The quantitative estimate of drug-likeness (QED) is 0.0739. The second-order valence-corrected chi connectivity index (χ2v) is 18.9. The molecular formula is C47H60N10O5S. The van der Waals surface area contributed by atoms with E-state index < -0.39 is 23.6 Å². The van der Waals surface area contributed by atoms with E-state index in [9.17, 15) is 24.6 Å². The Labute approximate surface area is 373 Å². The number of piperidine rings is 1. The van der Waals surface area contributed by atoms with Crippen LogP contribution < -0.4 is 16.4 Å². The van der Waals surface area contributed by atoms with Crippen molar-refractivity contribution in [2.45, 2.75) is 110 Å². The van der Waals surface area contributed by atoms with Gasteiger partial charge in [-0.15, -0.1) is 21.5 Å². The minimum Gasteiger partial charge on any atom is -0.507 e. The Morgan fingerprint density at radius 3 is 2.41 bits per heavy atom. The van der Waals surface area contributed by atoms with Crippen LogP contribution in [0.1, 0.15) is 96.0 Å². The predicted octanol–water partition coefficient (Wildman–Crippen LogP) is 6.29. The summed E-state index contributed by atoms with van der Waals surface area (Å²) in [5.74, 6) is -0.477. The fraction of sp³-hybridized carbons (Fsp3) is 0.468. The number of aryl methyl sites for hydroxylation is 1. The van der Waals surface area contributed by atoms with Crippen molar-refractivity contribution in [2.24, 2.45) is 5.41 Å². The number of phenolic OH excluding ortho intramolecular Hbond substituents is 1. The van der Waals surface area contributed by atoms with Gasteiger partial charge in [0.05, 0.1) is 46.2 Å². The van der Waals surface area contributed by atoms with Crippen molar-refractivity contribution in [3.8, 4) is 38.6 Å². The van der Waals surface area contributed by atoms with Crippen LogP contribution in [0.25, 0.3) is 32.8 Å². The number of aliphatic hydroxyl groups is 1. The summed E-state index contributed by atoms with van der Waals surface area (Å²) in [6, 6.07) is 15.0. The average molecular weight is 877 g/mol. The van der Waals surface area contributed by atoms with E-state index in [1.54, 1.807) is 35.7 Å². The number of aromatic hydroxyl groups is 1. The molecule has 2 aromatic carbocycles. The van der Waals surface area contributed by atoms with Crippen molar-refractivity contribution >= 4 is 34.9 Å². The Morgan fingerprint density at radius 1 is 0.968 bits per heavy atom. The summed E-state index contributed by atoms with van der Waals surface area (Å²) in [6.07, 6.45) is 7.81. The van der Waals surface area contributed by atoms with E-state index >= 15 is 0 Å². The molecule has 3 amide bonds. The molecule has 0 bridgehead atoms. The van der Waals surface area contributed by atoms with Crippen LogP contribution in [0.4, 0.5) is 5.82 Å². The Morgan fingerprint density at radius 2 is 1.71 bits per heavy atom. The first-order valence-electron chi connectivity index (χ1n) is 21.9. The largest absolute Gasteiger partial charge is 0.507 e. The third kappa shape index (κ3) is 10.9. The van der Waals surface area contributed by atoms with Gasteiger partial charge in [0, 0.05) is 55.4 Å². The van der Waals surface area contributed by atoms with E-state index in [2.05, 4.69) is 35.8 Å². The number of benzene rings is 2. The van der Waals surface area contributed by atoms with Gasteiger partial charge < -0.3 is 36.4 Å². The van der Waals surface area contributed by atoms with Gasteiger partial charge in [0.15, 0.2) is 5.82 Å². The fourth-order valence-corrected chi connectivity index (χ4v) is 9.40. The first-order valence-corrected chi connectivity index (χ1v) is 22.8. The summed E-state index contributed by atoms with van der Waals surface area (Å²) in [7, 11) is 0. The van der Waals surface area contributed by atoms with Crippen molar-refractivity contribution in [2.75, 3.05) is 31.9 Å². The van der Waals surface area contributed by atoms with Crippen LogP contribution in [-0.2, 0) is 14.4 Å². The number of para-hydroxylation sites is 1. The van der Waals surface area contributed by atoms with Crippen molar-refractivity contribution in [1.29, 1.82) is 0 Å². The molecule has 0 aliphatic carbocycles. The number of thiazole rings is 1. The number of hydrogen-bond acceptors (Lipinski definition) is 12. The number of unbranched alkanes of at least 4 members (excludes halogenated alkanes) is 2. The Hall–Kier alpha value is -5.71. The minimum absolute atomic E-state index is 0.0258. The number of phenols is 1. The molecule has 0 saturated carbocycles. The zero-order valence-electron chi connectivity index (χ0n) is 36.8. The molecule has 16 heteroatoms. The number of amides is 3. The molecule has 0 spiro atoms. The second-order valence-electron chi connectivity index (χ2n) is 18.0. The first kappa shape index (κ1) is 45.3. The normalized spacial score (nSPS) is 18.3. The lowest BCUT2D eigenvalue weighted by molar-refractivity contribution is -0.144. The lowest BCUT2D eigenvalue weighted by atomic mass is 9.85. The van der Waals surface area contributed by atoms with Gasteiger partial charge in [-0.05, 0) is 80.8 Å². The van der Waals surface area contributed by atoms with Gasteiger partial charge in [-0.1, -0.05) is 63.6 Å². The topological polar surface area (TPSA) is 205 Å². The van der Waals surface area contributed by atoms with Gasteiger partial charge in [-0.25, -0.2) is 4.98 Å². The van der Waals surface area contributed by atoms with Crippen molar-refractivity contribution in [3.05, 3.63) is 83.8 Å². The second kappa shape index (κ2) is 19.8. The molecule has 4 atom stereocenters. The van der Waals surface area contributed by atoms with Crippen molar-refractivity contribution in [3.63, 3.8) is 0 Å². The molecule has 6 N–H and O–H groups in total. The summed E-state index contributed by atoms with van der Waals surface area (Å²) in [5.41, 5.74) is 13.1. The zero-order valence-corrected chi connectivity index (χ0v) is 37.6. The molecule has 2 aliphatic rings. The Balaban J connectivity index is 0.845. The number of nitrogens with two attached hydrogens (primary N) is 1. The predicted molar refractivity (Wildman–Crippen MR) is 244 cm³/mol. The molecule has 2 aliphatic heterocycles. The molecule has 0 unspecified atom stereocenters. The number of aliphatic hydroxyl groups excluding tert-OH is 1. The molecule has 5 heterocycles. The molecular weight excluding hydrogens is 817 g/mol. The zero-order chi connectivity index (χ0) is 44.8. The maximum absolute atomic E-state index is 14.1. The number of β-amino-alcohol motifs (C(OH)–C–C–N with tert-alkyl or cyclic N) is 1. The van der Waals surface area contributed by atoms with E-state index in [1.165, 1.54) is 4.90 Å². The van der Waals surface area contributed by atoms with Crippen LogP contribution in [0, 0.1) is 12.3 Å². The van der Waals surface area contributed by atoms with Crippen LogP contribution >= 0.6 is 11.3 Å². The molecule has 0 radical (unpaired) electrons. The molecule has 5 aromatic rings. The van der Waals surface area contributed by atoms with Gasteiger partial charge in [0.25, 0.3) is 0 Å². The molecule has 334 valence electrons. The molecule has 7 rings (SSSR count). The number of anilines is 1. The number of nitrogens with one attached hydrogen (secondary N) is 2. The SMILES string of the molecule is Cc1ncsc1-c1ccc([C@H](C)NC(=O)[C@@H]2C[C@@H](O)CN2C(=O)[C@@H](NC(=O)CCCCCN2CCC(n3cc(-c4cc(-c5ccccc5O)nnc4N)cn3)CC2)C(C)(C)C)cc1. The summed E-state index contributed by atoms with van der Waals surface area (Å²) >= 11 is 1.58. The van der Waals surface area contributed by atoms with E-state index in [0.717, 1.165) is 72.6 Å². The van der Waals surface area contributed by atoms with Gasteiger partial charge in [-0.2, -0.15) is 5.10 Å². The number of hydrogen-bond donors (Lipinski definition) is 5. The molecule has 3 aromatic heterocycles. The number of nitrogen functional groups attached to an aromatic ring is 1. The number of carbonyl (C=O) groups excluding carboxylic acids is 3. The standard InChI is InChI=1S/C47H60N10O5S/c1-29(31-14-16-32(17-15-31)42-30(2)49-28-63-42)51-45(61)39-23-35(58)27-56(39)46(62)43(47(3,4)5)52-41(60)13-7-6-10-20-55-21-18-34(19-22-55)57-26-33(25-50-57)37-24-38(53-54-44(37)48)36-11-8-9-12-40(36)59/h8-9,11-12,14-17,24-26,28-29,34-35,39,43,58-59H,6-7,10,13,18-23,27H2,1-5H3,(H2,48,54)(H,51,61)(H,52,60)/t29-,35+,39-,43+/m0/s1. The lowest BCUT2D eigenvalue weighted by Gasteiger charge is -2.35.